The number of nitrogens with zero attached hydrogens (tertiary/aromatic N) is 6. The van der Waals surface area contributed by atoms with Crippen molar-refractivity contribution in [3.63, 3.8) is 0 Å². The highest BCUT2D eigenvalue weighted by Gasteiger charge is 2.10. The molecule has 3 rings (SSSR count). The van der Waals surface area contributed by atoms with Crippen LogP contribution in [0.2, 0.25) is 0 Å². The highest BCUT2D eigenvalue weighted by molar-refractivity contribution is 5.89. The number of carbonyl (C=O) groups is 1. The molecule has 0 fully saturated rings. The Kier molecular flexibility index (Phi) is 4.18. The van der Waals surface area contributed by atoms with Gasteiger partial charge >= 0.3 is 0 Å². The van der Waals surface area contributed by atoms with Crippen molar-refractivity contribution in [3.05, 3.63) is 30.2 Å². The average molecular weight is 315 g/mol. The number of aryl methyl sites for hydroxylation is 2. The third-order valence-corrected chi connectivity index (χ3v) is 3.30. The lowest BCUT2D eigenvalue weighted by atomic mass is 10.2. The molecule has 120 valence electrons. The number of methoxy groups -OCH3 is 1. The standard InChI is InChI=1S/C14H17N7O2/c1-20-9-8-10(18-20)15-13(22)5-3-4-11-16-17-12-6-7-14(23-2)19-21(11)12/h6-9H,3-5H2,1-2H3,(H,15,18,22). The lowest BCUT2D eigenvalue weighted by Gasteiger charge is -2.02. The average Bonchev–Trinajstić information content (AvgIpc) is 3.13. The van der Waals surface area contributed by atoms with E-state index in [4.69, 9.17) is 4.74 Å². The molecule has 0 spiro atoms. The molecule has 0 aliphatic carbocycles. The van der Waals surface area contributed by atoms with Gasteiger partial charge in [-0.25, -0.2) is 0 Å². The van der Waals surface area contributed by atoms with Crippen molar-refractivity contribution in [2.45, 2.75) is 19.3 Å². The van der Waals surface area contributed by atoms with Gasteiger partial charge in [0.1, 0.15) is 0 Å². The zero-order valence-electron chi connectivity index (χ0n) is 12.9. The van der Waals surface area contributed by atoms with Gasteiger partial charge in [0.05, 0.1) is 7.11 Å². The van der Waals surface area contributed by atoms with Crippen LogP contribution in [0.1, 0.15) is 18.7 Å². The molecule has 0 aliphatic rings. The number of hydrogen-bond donors (Lipinski definition) is 1. The van der Waals surface area contributed by atoms with E-state index in [0.717, 1.165) is 0 Å². The van der Waals surface area contributed by atoms with Crippen LogP contribution in [0.3, 0.4) is 0 Å². The Morgan fingerprint density at radius 2 is 2.13 bits per heavy atom. The van der Waals surface area contributed by atoms with Gasteiger partial charge in [-0.2, -0.15) is 9.61 Å². The minimum Gasteiger partial charge on any atom is -0.480 e. The van der Waals surface area contributed by atoms with Crippen LogP contribution < -0.4 is 10.1 Å². The Hall–Kier alpha value is -2.97. The molecule has 0 bridgehead atoms. The van der Waals surface area contributed by atoms with Gasteiger partial charge in [0.25, 0.3) is 0 Å². The van der Waals surface area contributed by atoms with Gasteiger partial charge in [0.2, 0.25) is 11.8 Å². The van der Waals surface area contributed by atoms with E-state index in [1.807, 2.05) is 0 Å². The molecule has 0 atom stereocenters. The molecule has 9 nitrogen and oxygen atoms in total. The highest BCUT2D eigenvalue weighted by Crippen LogP contribution is 2.10. The Morgan fingerprint density at radius 3 is 2.87 bits per heavy atom. The van der Waals surface area contributed by atoms with Crippen LogP contribution >= 0.6 is 0 Å². The topological polar surface area (TPSA) is 99.2 Å². The minimum atomic E-state index is -0.0805. The summed E-state index contributed by atoms with van der Waals surface area (Å²) in [6.45, 7) is 0. The maximum Gasteiger partial charge on any atom is 0.231 e. The molecule has 0 saturated carbocycles. The second-order valence-electron chi connectivity index (χ2n) is 5.04. The molecule has 3 aromatic heterocycles. The number of carbonyl (C=O) groups excluding carboxylic acids is 1. The Morgan fingerprint density at radius 1 is 1.26 bits per heavy atom. The molecule has 0 saturated heterocycles. The van der Waals surface area contributed by atoms with E-state index in [-0.39, 0.29) is 5.91 Å². The summed E-state index contributed by atoms with van der Waals surface area (Å²) >= 11 is 0. The van der Waals surface area contributed by atoms with E-state index in [9.17, 15) is 4.79 Å². The van der Waals surface area contributed by atoms with E-state index in [1.54, 1.807) is 47.8 Å². The SMILES string of the molecule is COc1ccc2nnc(CCCC(=O)Nc3ccn(C)n3)n2n1. The zero-order chi connectivity index (χ0) is 16.2. The van der Waals surface area contributed by atoms with Crippen molar-refractivity contribution in [1.29, 1.82) is 0 Å². The van der Waals surface area contributed by atoms with Gasteiger partial charge < -0.3 is 10.1 Å². The maximum absolute atomic E-state index is 11.9. The van der Waals surface area contributed by atoms with Crippen LogP contribution in [0.4, 0.5) is 5.82 Å². The molecular weight excluding hydrogens is 298 g/mol. The zero-order valence-corrected chi connectivity index (χ0v) is 12.9. The summed E-state index contributed by atoms with van der Waals surface area (Å²) in [7, 11) is 3.35. The van der Waals surface area contributed by atoms with Gasteiger partial charge in [-0.05, 0) is 12.5 Å². The first-order valence-corrected chi connectivity index (χ1v) is 7.20. The van der Waals surface area contributed by atoms with Crippen LogP contribution in [0.5, 0.6) is 5.88 Å². The van der Waals surface area contributed by atoms with Gasteiger partial charge in [-0.15, -0.1) is 15.3 Å². The lowest BCUT2D eigenvalue weighted by Crippen LogP contribution is -2.12. The monoisotopic (exact) mass is 315 g/mol. The van der Waals surface area contributed by atoms with E-state index in [1.165, 1.54) is 0 Å². The van der Waals surface area contributed by atoms with Crippen LogP contribution in [0.15, 0.2) is 24.4 Å². The number of ether oxygens (including phenoxy) is 1. The first-order valence-electron chi connectivity index (χ1n) is 7.20. The van der Waals surface area contributed by atoms with Crippen molar-refractivity contribution in [2.24, 2.45) is 7.05 Å². The molecule has 3 aromatic rings. The molecule has 0 aliphatic heterocycles. The molecule has 9 heteroatoms. The van der Waals surface area contributed by atoms with Crippen LogP contribution in [-0.2, 0) is 18.3 Å². The number of anilines is 1. The minimum absolute atomic E-state index is 0.0805. The molecule has 0 unspecified atom stereocenters. The van der Waals surface area contributed by atoms with Crippen LogP contribution in [-0.4, -0.2) is 42.6 Å². The van der Waals surface area contributed by atoms with E-state index in [0.29, 0.717) is 42.4 Å². The quantitative estimate of drug-likeness (QED) is 0.723. The molecule has 1 amide bonds. The van der Waals surface area contributed by atoms with Gasteiger partial charge in [0, 0.05) is 38.2 Å². The number of nitrogens with one attached hydrogen (secondary N) is 1. The fourth-order valence-corrected chi connectivity index (χ4v) is 2.18. The predicted octanol–water partition coefficient (Wildman–Crippen LogP) is 0.828. The summed E-state index contributed by atoms with van der Waals surface area (Å²) in [6, 6.07) is 5.27. The third kappa shape index (κ3) is 3.44. The van der Waals surface area contributed by atoms with Gasteiger partial charge in [0.15, 0.2) is 17.3 Å². The number of fused-ring (bicyclic) bond motifs is 1. The highest BCUT2D eigenvalue weighted by atomic mass is 16.5. The first-order chi connectivity index (χ1) is 11.2. The summed E-state index contributed by atoms with van der Waals surface area (Å²) in [5.74, 6) is 1.66. The molecule has 0 aromatic carbocycles. The number of amides is 1. The van der Waals surface area contributed by atoms with E-state index in [2.05, 4.69) is 25.7 Å². The summed E-state index contributed by atoms with van der Waals surface area (Å²) in [5, 5.41) is 19.3. The molecule has 0 radical (unpaired) electrons. The smallest absolute Gasteiger partial charge is 0.231 e. The predicted molar refractivity (Wildman–Crippen MR) is 82.1 cm³/mol. The molecular formula is C14H17N7O2. The van der Waals surface area contributed by atoms with Crippen molar-refractivity contribution in [1.82, 2.24) is 29.6 Å². The summed E-state index contributed by atoms with van der Waals surface area (Å²) < 4.78 is 8.37. The second kappa shape index (κ2) is 6.42. The van der Waals surface area contributed by atoms with Crippen molar-refractivity contribution in [2.75, 3.05) is 12.4 Å². The molecule has 3 heterocycles. The Bertz CT molecular complexity index is 824. The van der Waals surface area contributed by atoms with E-state index >= 15 is 0 Å². The largest absolute Gasteiger partial charge is 0.480 e. The normalized spacial score (nSPS) is 10.9. The fraction of sp³-hybridized carbons (Fsp3) is 0.357. The number of hydrogen-bond acceptors (Lipinski definition) is 6. The Labute approximate surface area is 132 Å². The maximum atomic E-state index is 11.9. The Balaban J connectivity index is 1.57. The molecule has 23 heavy (non-hydrogen) atoms. The van der Waals surface area contributed by atoms with Crippen LogP contribution in [0, 0.1) is 0 Å². The third-order valence-electron chi connectivity index (χ3n) is 3.30. The first kappa shape index (κ1) is 14.9. The second-order valence-corrected chi connectivity index (χ2v) is 5.04. The summed E-state index contributed by atoms with van der Waals surface area (Å²) in [6.07, 6.45) is 3.38. The lowest BCUT2D eigenvalue weighted by molar-refractivity contribution is -0.116. The van der Waals surface area contributed by atoms with E-state index < -0.39 is 0 Å². The van der Waals surface area contributed by atoms with Crippen molar-refractivity contribution >= 4 is 17.4 Å². The number of aromatic nitrogens is 6. The summed E-state index contributed by atoms with van der Waals surface area (Å²) in [4.78, 5) is 11.9. The summed E-state index contributed by atoms with van der Waals surface area (Å²) in [5.41, 5.74) is 0.652. The molecule has 1 N–H and O–H groups in total. The number of rotatable bonds is 6. The van der Waals surface area contributed by atoms with Gasteiger partial charge in [-0.3, -0.25) is 9.48 Å². The van der Waals surface area contributed by atoms with Crippen molar-refractivity contribution < 1.29 is 9.53 Å². The van der Waals surface area contributed by atoms with Crippen molar-refractivity contribution in [3.8, 4) is 5.88 Å². The van der Waals surface area contributed by atoms with Gasteiger partial charge in [-0.1, -0.05) is 0 Å². The fourth-order valence-electron chi connectivity index (χ4n) is 2.18. The van der Waals surface area contributed by atoms with Crippen LogP contribution in [0.25, 0.3) is 5.65 Å².